The quantitative estimate of drug-likeness (QED) is 0.567. The molecule has 0 unspecified atom stereocenters. The molecule has 0 aliphatic rings. The predicted octanol–water partition coefficient (Wildman–Crippen LogP) is 5.03. The number of ether oxygens (including phenoxy) is 1. The van der Waals surface area contributed by atoms with Gasteiger partial charge in [-0.3, -0.25) is 9.59 Å². The Balaban J connectivity index is 1.52. The van der Waals surface area contributed by atoms with Gasteiger partial charge < -0.3 is 15.4 Å². The first-order chi connectivity index (χ1) is 13.5. The van der Waals surface area contributed by atoms with Crippen molar-refractivity contribution in [2.24, 2.45) is 0 Å². The van der Waals surface area contributed by atoms with E-state index in [1.807, 2.05) is 43.3 Å². The molecule has 0 fully saturated rings. The van der Waals surface area contributed by atoms with Crippen molar-refractivity contribution in [2.75, 3.05) is 17.2 Å². The Morgan fingerprint density at radius 3 is 2.18 bits per heavy atom. The SMILES string of the molecule is Cc1cc(Br)ccc1OCC(=O)Nc1ccc(NC(=O)c2ccccc2)cc1. The second-order valence-electron chi connectivity index (χ2n) is 6.14. The van der Waals surface area contributed by atoms with Gasteiger partial charge in [0.2, 0.25) is 0 Å². The van der Waals surface area contributed by atoms with Crippen LogP contribution < -0.4 is 15.4 Å². The van der Waals surface area contributed by atoms with Gasteiger partial charge in [-0.25, -0.2) is 0 Å². The molecule has 0 saturated carbocycles. The molecule has 0 heterocycles. The Labute approximate surface area is 171 Å². The van der Waals surface area contributed by atoms with E-state index in [1.54, 1.807) is 36.4 Å². The minimum absolute atomic E-state index is 0.0883. The molecule has 28 heavy (non-hydrogen) atoms. The number of nitrogens with one attached hydrogen (secondary N) is 2. The molecular weight excluding hydrogens is 420 g/mol. The van der Waals surface area contributed by atoms with Crippen LogP contribution in [0.3, 0.4) is 0 Å². The molecule has 2 N–H and O–H groups in total. The van der Waals surface area contributed by atoms with Gasteiger partial charge in [-0.05, 0) is 67.1 Å². The van der Waals surface area contributed by atoms with Crippen molar-refractivity contribution in [3.05, 3.63) is 88.4 Å². The topological polar surface area (TPSA) is 67.4 Å². The first-order valence-corrected chi connectivity index (χ1v) is 9.46. The van der Waals surface area contributed by atoms with E-state index in [9.17, 15) is 9.59 Å². The lowest BCUT2D eigenvalue weighted by atomic mass is 10.2. The molecule has 3 rings (SSSR count). The maximum absolute atomic E-state index is 12.1. The van der Waals surface area contributed by atoms with Crippen LogP contribution >= 0.6 is 15.9 Å². The molecular formula is C22H19BrN2O3. The first-order valence-electron chi connectivity index (χ1n) is 8.66. The summed E-state index contributed by atoms with van der Waals surface area (Å²) in [6.45, 7) is 1.83. The minimum Gasteiger partial charge on any atom is -0.483 e. The van der Waals surface area contributed by atoms with Crippen molar-refractivity contribution < 1.29 is 14.3 Å². The fourth-order valence-electron chi connectivity index (χ4n) is 2.54. The zero-order valence-corrected chi connectivity index (χ0v) is 16.8. The molecule has 5 nitrogen and oxygen atoms in total. The van der Waals surface area contributed by atoms with Gasteiger partial charge in [0.05, 0.1) is 0 Å². The third kappa shape index (κ3) is 5.44. The molecule has 0 radical (unpaired) electrons. The summed E-state index contributed by atoms with van der Waals surface area (Å²) in [6, 6.07) is 21.5. The highest BCUT2D eigenvalue weighted by Crippen LogP contribution is 2.22. The maximum Gasteiger partial charge on any atom is 0.262 e. The van der Waals surface area contributed by atoms with Gasteiger partial charge >= 0.3 is 0 Å². The Hall–Kier alpha value is -3.12. The zero-order valence-electron chi connectivity index (χ0n) is 15.2. The fourth-order valence-corrected chi connectivity index (χ4v) is 3.02. The van der Waals surface area contributed by atoms with E-state index in [4.69, 9.17) is 4.74 Å². The van der Waals surface area contributed by atoms with Gasteiger partial charge in [-0.15, -0.1) is 0 Å². The van der Waals surface area contributed by atoms with Crippen LogP contribution in [0.1, 0.15) is 15.9 Å². The summed E-state index contributed by atoms with van der Waals surface area (Å²) in [4.78, 5) is 24.2. The fraction of sp³-hybridized carbons (Fsp3) is 0.0909. The van der Waals surface area contributed by atoms with Gasteiger partial charge in [0, 0.05) is 21.4 Å². The summed E-state index contributed by atoms with van der Waals surface area (Å²) in [6.07, 6.45) is 0. The number of halogens is 1. The lowest BCUT2D eigenvalue weighted by molar-refractivity contribution is -0.118. The molecule has 0 spiro atoms. The average molecular weight is 439 g/mol. The molecule has 3 aromatic rings. The summed E-state index contributed by atoms with van der Waals surface area (Å²) < 4.78 is 6.52. The minimum atomic E-state index is -0.261. The molecule has 0 aromatic heterocycles. The van der Waals surface area contributed by atoms with E-state index in [0.717, 1.165) is 10.0 Å². The number of carbonyl (C=O) groups excluding carboxylic acids is 2. The highest BCUT2D eigenvalue weighted by atomic mass is 79.9. The monoisotopic (exact) mass is 438 g/mol. The lowest BCUT2D eigenvalue weighted by Crippen LogP contribution is -2.20. The highest BCUT2D eigenvalue weighted by molar-refractivity contribution is 9.10. The Bertz CT molecular complexity index is 973. The van der Waals surface area contributed by atoms with E-state index < -0.39 is 0 Å². The van der Waals surface area contributed by atoms with E-state index in [-0.39, 0.29) is 18.4 Å². The molecule has 0 aliphatic heterocycles. The van der Waals surface area contributed by atoms with Gasteiger partial charge in [0.1, 0.15) is 5.75 Å². The van der Waals surface area contributed by atoms with Crippen LogP contribution in [0.25, 0.3) is 0 Å². The molecule has 0 saturated heterocycles. The second-order valence-corrected chi connectivity index (χ2v) is 7.06. The van der Waals surface area contributed by atoms with E-state index >= 15 is 0 Å². The number of hydrogen-bond acceptors (Lipinski definition) is 3. The molecule has 0 aliphatic carbocycles. The number of hydrogen-bond donors (Lipinski definition) is 2. The summed E-state index contributed by atoms with van der Waals surface area (Å²) in [7, 11) is 0. The summed E-state index contributed by atoms with van der Waals surface area (Å²) in [5.74, 6) is 0.219. The van der Waals surface area contributed by atoms with E-state index in [0.29, 0.717) is 22.7 Å². The van der Waals surface area contributed by atoms with E-state index in [1.165, 1.54) is 0 Å². The van der Waals surface area contributed by atoms with Crippen molar-refractivity contribution in [3.8, 4) is 5.75 Å². The van der Waals surface area contributed by atoms with Gasteiger partial charge in [0.15, 0.2) is 6.61 Å². The Morgan fingerprint density at radius 2 is 1.54 bits per heavy atom. The number of rotatable bonds is 6. The maximum atomic E-state index is 12.1. The average Bonchev–Trinajstić information content (AvgIpc) is 2.69. The van der Waals surface area contributed by atoms with Crippen LogP contribution in [0.5, 0.6) is 5.75 Å². The van der Waals surface area contributed by atoms with Gasteiger partial charge in [0.25, 0.3) is 11.8 Å². The number of amides is 2. The van der Waals surface area contributed by atoms with Crippen molar-refractivity contribution in [1.29, 1.82) is 0 Å². The number of benzene rings is 3. The van der Waals surface area contributed by atoms with Crippen LogP contribution in [-0.2, 0) is 4.79 Å². The molecule has 3 aromatic carbocycles. The van der Waals surface area contributed by atoms with Crippen LogP contribution in [0.15, 0.2) is 77.3 Å². The molecule has 0 atom stereocenters. The predicted molar refractivity (Wildman–Crippen MR) is 114 cm³/mol. The van der Waals surface area contributed by atoms with Crippen LogP contribution in [-0.4, -0.2) is 18.4 Å². The Morgan fingerprint density at radius 1 is 0.893 bits per heavy atom. The zero-order chi connectivity index (χ0) is 19.9. The molecule has 142 valence electrons. The normalized spacial score (nSPS) is 10.2. The standard InChI is InChI=1S/C22H19BrN2O3/c1-15-13-17(23)7-12-20(15)28-14-21(26)24-18-8-10-19(11-9-18)25-22(27)16-5-3-2-4-6-16/h2-13H,14H2,1H3,(H,24,26)(H,25,27). The summed E-state index contributed by atoms with van der Waals surface area (Å²) in [5.41, 5.74) is 2.80. The Kier molecular flexibility index (Phi) is 6.45. The van der Waals surface area contributed by atoms with Crippen molar-refractivity contribution in [3.63, 3.8) is 0 Å². The number of carbonyl (C=O) groups is 2. The smallest absolute Gasteiger partial charge is 0.262 e. The van der Waals surface area contributed by atoms with Gasteiger partial charge in [-0.1, -0.05) is 34.1 Å². The van der Waals surface area contributed by atoms with E-state index in [2.05, 4.69) is 26.6 Å². The molecule has 0 bridgehead atoms. The number of anilines is 2. The summed E-state index contributed by atoms with van der Waals surface area (Å²) >= 11 is 3.39. The second kappa shape index (κ2) is 9.19. The third-order valence-corrected chi connectivity index (χ3v) is 4.45. The van der Waals surface area contributed by atoms with Crippen molar-refractivity contribution >= 4 is 39.1 Å². The molecule has 2 amide bonds. The van der Waals surface area contributed by atoms with Crippen LogP contribution in [0.2, 0.25) is 0 Å². The summed E-state index contributed by atoms with van der Waals surface area (Å²) in [5, 5.41) is 5.59. The highest BCUT2D eigenvalue weighted by Gasteiger charge is 2.08. The third-order valence-electron chi connectivity index (χ3n) is 3.96. The van der Waals surface area contributed by atoms with Crippen molar-refractivity contribution in [1.82, 2.24) is 0 Å². The van der Waals surface area contributed by atoms with Gasteiger partial charge in [-0.2, -0.15) is 0 Å². The first kappa shape index (κ1) is 19.6. The lowest BCUT2D eigenvalue weighted by Gasteiger charge is -2.10. The number of aryl methyl sites for hydroxylation is 1. The van der Waals surface area contributed by atoms with Crippen LogP contribution in [0, 0.1) is 6.92 Å². The molecule has 6 heteroatoms. The largest absolute Gasteiger partial charge is 0.483 e. The van der Waals surface area contributed by atoms with Crippen molar-refractivity contribution in [2.45, 2.75) is 6.92 Å². The van der Waals surface area contributed by atoms with Crippen LogP contribution in [0.4, 0.5) is 11.4 Å².